The first kappa shape index (κ1) is 18.1. The average Bonchev–Trinajstić information content (AvgIpc) is 2.61. The lowest BCUT2D eigenvalue weighted by molar-refractivity contribution is -0.123. The van der Waals surface area contributed by atoms with Crippen molar-refractivity contribution in [1.82, 2.24) is 5.43 Å². The summed E-state index contributed by atoms with van der Waals surface area (Å²) in [5.74, 6) is 0.616. The smallest absolute Gasteiger partial charge is 0.277 e. The van der Waals surface area contributed by atoms with Crippen molar-refractivity contribution < 1.29 is 24.1 Å². The molecule has 2 rings (SSSR count). The van der Waals surface area contributed by atoms with E-state index in [-0.39, 0.29) is 23.9 Å². The number of amides is 1. The maximum absolute atomic E-state index is 11.8. The Balaban J connectivity index is 1.93. The summed E-state index contributed by atoms with van der Waals surface area (Å²) in [5, 5.41) is 13.7. The standard InChI is InChI=1S/C18H20N2O5/c1-12-5-4-6-14(7-12)25-11-17(21)20-19-10-13-8-15(23-2)18(22)16(9-13)24-3/h4-10,22H,11H2,1-3H3,(H,20,21)/b19-10+. The second kappa shape index (κ2) is 8.58. The van der Waals surface area contributed by atoms with Crippen molar-refractivity contribution in [2.45, 2.75) is 6.92 Å². The number of aryl methyl sites for hydroxylation is 1. The Kier molecular flexibility index (Phi) is 6.22. The molecule has 0 heterocycles. The predicted molar refractivity (Wildman–Crippen MR) is 93.6 cm³/mol. The van der Waals surface area contributed by atoms with E-state index in [1.165, 1.54) is 20.4 Å². The van der Waals surface area contributed by atoms with Crippen LogP contribution in [0.4, 0.5) is 0 Å². The van der Waals surface area contributed by atoms with Gasteiger partial charge in [-0.15, -0.1) is 0 Å². The molecule has 0 unspecified atom stereocenters. The van der Waals surface area contributed by atoms with E-state index in [9.17, 15) is 9.90 Å². The Morgan fingerprint density at radius 1 is 1.20 bits per heavy atom. The van der Waals surface area contributed by atoms with Crippen molar-refractivity contribution in [3.05, 3.63) is 47.5 Å². The van der Waals surface area contributed by atoms with Crippen LogP contribution in [0.15, 0.2) is 41.5 Å². The normalized spacial score (nSPS) is 10.5. The molecule has 0 saturated heterocycles. The van der Waals surface area contributed by atoms with E-state index >= 15 is 0 Å². The van der Waals surface area contributed by atoms with Gasteiger partial charge in [-0.3, -0.25) is 4.79 Å². The Hall–Kier alpha value is -3.22. The van der Waals surface area contributed by atoms with Crippen molar-refractivity contribution in [3.63, 3.8) is 0 Å². The van der Waals surface area contributed by atoms with Gasteiger partial charge in [-0.1, -0.05) is 12.1 Å². The molecule has 0 atom stereocenters. The second-order valence-electron chi connectivity index (χ2n) is 5.17. The van der Waals surface area contributed by atoms with Crippen LogP contribution in [0.5, 0.6) is 23.0 Å². The van der Waals surface area contributed by atoms with Gasteiger partial charge in [0.05, 0.1) is 20.4 Å². The van der Waals surface area contributed by atoms with Gasteiger partial charge in [0.2, 0.25) is 5.75 Å². The highest BCUT2D eigenvalue weighted by Gasteiger charge is 2.10. The molecule has 0 radical (unpaired) electrons. The summed E-state index contributed by atoms with van der Waals surface area (Å²) in [4.78, 5) is 11.8. The van der Waals surface area contributed by atoms with Crippen molar-refractivity contribution >= 4 is 12.1 Å². The Morgan fingerprint density at radius 3 is 2.48 bits per heavy atom. The summed E-state index contributed by atoms with van der Waals surface area (Å²) in [6.07, 6.45) is 1.41. The largest absolute Gasteiger partial charge is 0.502 e. The van der Waals surface area contributed by atoms with Gasteiger partial charge in [0.1, 0.15) is 5.75 Å². The van der Waals surface area contributed by atoms with E-state index < -0.39 is 5.91 Å². The zero-order valence-electron chi connectivity index (χ0n) is 14.3. The monoisotopic (exact) mass is 344 g/mol. The molecule has 7 nitrogen and oxygen atoms in total. The fourth-order valence-corrected chi connectivity index (χ4v) is 2.05. The number of rotatable bonds is 7. The molecule has 7 heteroatoms. The number of phenolic OH excluding ortho intramolecular Hbond substituents is 1. The number of nitrogens with one attached hydrogen (secondary N) is 1. The number of benzene rings is 2. The second-order valence-corrected chi connectivity index (χ2v) is 5.17. The number of methoxy groups -OCH3 is 2. The molecule has 2 aromatic rings. The molecule has 132 valence electrons. The molecule has 0 saturated carbocycles. The van der Waals surface area contributed by atoms with Crippen molar-refractivity contribution in [1.29, 1.82) is 0 Å². The van der Waals surface area contributed by atoms with Gasteiger partial charge in [-0.2, -0.15) is 5.10 Å². The van der Waals surface area contributed by atoms with Gasteiger partial charge in [0.25, 0.3) is 5.91 Å². The maximum atomic E-state index is 11.8. The molecular formula is C18H20N2O5. The lowest BCUT2D eigenvalue weighted by Gasteiger charge is -2.09. The van der Waals surface area contributed by atoms with Crippen molar-refractivity contribution in [3.8, 4) is 23.0 Å². The van der Waals surface area contributed by atoms with E-state index in [2.05, 4.69) is 10.5 Å². The van der Waals surface area contributed by atoms with Crippen LogP contribution < -0.4 is 19.6 Å². The van der Waals surface area contributed by atoms with E-state index in [0.29, 0.717) is 11.3 Å². The van der Waals surface area contributed by atoms with Crippen LogP contribution in [-0.4, -0.2) is 38.1 Å². The molecule has 0 aliphatic rings. The third kappa shape index (κ3) is 5.13. The number of hydrogen-bond acceptors (Lipinski definition) is 6. The molecule has 0 aliphatic heterocycles. The summed E-state index contributed by atoms with van der Waals surface area (Å²) in [7, 11) is 2.86. The fraction of sp³-hybridized carbons (Fsp3) is 0.222. The first-order valence-corrected chi connectivity index (χ1v) is 7.50. The van der Waals surface area contributed by atoms with Crippen LogP contribution in [0.3, 0.4) is 0 Å². The number of aromatic hydroxyl groups is 1. The van der Waals surface area contributed by atoms with Crippen molar-refractivity contribution in [2.24, 2.45) is 5.10 Å². The van der Waals surface area contributed by atoms with E-state index in [1.54, 1.807) is 18.2 Å². The van der Waals surface area contributed by atoms with Crippen LogP contribution in [0, 0.1) is 6.92 Å². The molecule has 2 N–H and O–H groups in total. The molecular weight excluding hydrogens is 324 g/mol. The molecule has 0 bridgehead atoms. The number of nitrogens with zero attached hydrogens (tertiary/aromatic N) is 1. The highest BCUT2D eigenvalue weighted by molar-refractivity contribution is 5.84. The molecule has 0 fully saturated rings. The number of carbonyl (C=O) groups excluding carboxylic acids is 1. The number of hydrazone groups is 1. The third-order valence-corrected chi connectivity index (χ3v) is 3.26. The Morgan fingerprint density at radius 2 is 1.88 bits per heavy atom. The number of hydrogen-bond donors (Lipinski definition) is 2. The Bertz CT molecular complexity index is 749. The lowest BCUT2D eigenvalue weighted by atomic mass is 10.2. The van der Waals surface area contributed by atoms with Gasteiger partial charge in [-0.05, 0) is 36.8 Å². The zero-order chi connectivity index (χ0) is 18.2. The van der Waals surface area contributed by atoms with Crippen LogP contribution in [-0.2, 0) is 4.79 Å². The SMILES string of the molecule is COc1cc(/C=N/NC(=O)COc2cccc(C)c2)cc(OC)c1O. The minimum Gasteiger partial charge on any atom is -0.502 e. The molecule has 1 amide bonds. The van der Waals surface area contributed by atoms with Gasteiger partial charge in [0.15, 0.2) is 18.1 Å². The van der Waals surface area contributed by atoms with E-state index in [4.69, 9.17) is 14.2 Å². The summed E-state index contributed by atoms with van der Waals surface area (Å²) < 4.78 is 15.5. The summed E-state index contributed by atoms with van der Waals surface area (Å²) in [6, 6.07) is 10.5. The highest BCUT2D eigenvalue weighted by atomic mass is 16.5. The van der Waals surface area contributed by atoms with Gasteiger partial charge < -0.3 is 19.3 Å². The molecule has 2 aromatic carbocycles. The quantitative estimate of drug-likeness (QED) is 0.594. The lowest BCUT2D eigenvalue weighted by Crippen LogP contribution is -2.24. The van der Waals surface area contributed by atoms with E-state index in [0.717, 1.165) is 5.56 Å². The Labute approximate surface area is 145 Å². The third-order valence-electron chi connectivity index (χ3n) is 3.26. The first-order chi connectivity index (χ1) is 12.0. The number of carbonyl (C=O) groups is 1. The number of ether oxygens (including phenoxy) is 3. The minimum absolute atomic E-state index is 0.0993. The maximum Gasteiger partial charge on any atom is 0.277 e. The van der Waals surface area contributed by atoms with Crippen LogP contribution in [0.25, 0.3) is 0 Å². The minimum atomic E-state index is -0.393. The summed E-state index contributed by atoms with van der Waals surface area (Å²) in [5.41, 5.74) is 4.00. The van der Waals surface area contributed by atoms with Crippen LogP contribution >= 0.6 is 0 Å². The number of phenols is 1. The summed E-state index contributed by atoms with van der Waals surface area (Å²) in [6.45, 7) is 1.79. The molecule has 0 aromatic heterocycles. The van der Waals surface area contributed by atoms with Gasteiger partial charge in [0, 0.05) is 5.56 Å². The first-order valence-electron chi connectivity index (χ1n) is 7.50. The fourth-order valence-electron chi connectivity index (χ4n) is 2.05. The van der Waals surface area contributed by atoms with Gasteiger partial charge >= 0.3 is 0 Å². The van der Waals surface area contributed by atoms with Crippen LogP contribution in [0.1, 0.15) is 11.1 Å². The average molecular weight is 344 g/mol. The zero-order valence-corrected chi connectivity index (χ0v) is 14.3. The topological polar surface area (TPSA) is 89.4 Å². The van der Waals surface area contributed by atoms with E-state index in [1.807, 2.05) is 25.1 Å². The highest BCUT2D eigenvalue weighted by Crippen LogP contribution is 2.36. The van der Waals surface area contributed by atoms with Crippen molar-refractivity contribution in [2.75, 3.05) is 20.8 Å². The molecule has 25 heavy (non-hydrogen) atoms. The molecule has 0 aliphatic carbocycles. The summed E-state index contributed by atoms with van der Waals surface area (Å²) >= 11 is 0. The predicted octanol–water partition coefficient (Wildman–Crippen LogP) is 2.25. The van der Waals surface area contributed by atoms with Gasteiger partial charge in [-0.25, -0.2) is 5.43 Å². The molecule has 0 spiro atoms. The van der Waals surface area contributed by atoms with Crippen LogP contribution in [0.2, 0.25) is 0 Å².